The molecule has 0 fully saturated rings. The standard InChI is InChI=1S/C29H54N2O5/c1-6-7-8-15-19-26(36-29(34)31(30)22-18-23-35-28(33)25(4)5)20-16-13-11-9-10-12-14-17-21-27(32)24(2)3/h26,32H,4,6-23,30H2,1-3,5H3. The number of carbonyl (C=O) groups excluding carboxylic acids is 2. The Morgan fingerprint density at radius 2 is 1.39 bits per heavy atom. The fraction of sp³-hybridized carbons (Fsp3) is 0.793. The maximum absolute atomic E-state index is 12.5. The highest BCUT2D eigenvalue weighted by molar-refractivity contribution is 5.86. The molecule has 0 heterocycles. The van der Waals surface area contributed by atoms with Crippen molar-refractivity contribution in [3.63, 3.8) is 0 Å². The van der Waals surface area contributed by atoms with Crippen molar-refractivity contribution in [1.82, 2.24) is 5.01 Å². The van der Waals surface area contributed by atoms with Crippen molar-refractivity contribution in [3.05, 3.63) is 23.5 Å². The molecule has 3 N–H and O–H groups in total. The second-order valence-electron chi connectivity index (χ2n) is 10.1. The summed E-state index contributed by atoms with van der Waals surface area (Å²) in [5, 5.41) is 10.8. The number of amides is 1. The van der Waals surface area contributed by atoms with Crippen LogP contribution in [0.1, 0.15) is 130 Å². The number of allylic oxidation sites excluding steroid dienone is 2. The third kappa shape index (κ3) is 19.2. The van der Waals surface area contributed by atoms with Crippen LogP contribution in [-0.2, 0) is 14.3 Å². The van der Waals surface area contributed by atoms with E-state index >= 15 is 0 Å². The average Bonchev–Trinajstić information content (AvgIpc) is 2.84. The van der Waals surface area contributed by atoms with Crippen LogP contribution in [0.3, 0.4) is 0 Å². The molecule has 0 aromatic heterocycles. The first kappa shape index (κ1) is 34.0. The third-order valence-corrected chi connectivity index (χ3v) is 6.27. The van der Waals surface area contributed by atoms with E-state index in [0.717, 1.165) is 61.9 Å². The number of ether oxygens (including phenoxy) is 2. The number of esters is 1. The molecule has 0 aliphatic rings. The predicted molar refractivity (Wildman–Crippen MR) is 147 cm³/mol. The summed E-state index contributed by atoms with van der Waals surface area (Å²) in [6.07, 6.45) is 16.2. The number of carbonyl (C=O) groups is 2. The van der Waals surface area contributed by atoms with Gasteiger partial charge in [0.15, 0.2) is 0 Å². The van der Waals surface area contributed by atoms with Crippen LogP contribution in [0.2, 0.25) is 0 Å². The monoisotopic (exact) mass is 510 g/mol. The van der Waals surface area contributed by atoms with E-state index in [9.17, 15) is 14.7 Å². The first-order valence-electron chi connectivity index (χ1n) is 14.1. The van der Waals surface area contributed by atoms with E-state index in [-0.39, 0.29) is 19.3 Å². The van der Waals surface area contributed by atoms with Crippen LogP contribution in [0.15, 0.2) is 23.5 Å². The van der Waals surface area contributed by atoms with Crippen molar-refractivity contribution in [2.75, 3.05) is 13.2 Å². The summed E-state index contributed by atoms with van der Waals surface area (Å²) in [4.78, 5) is 23.9. The highest BCUT2D eigenvalue weighted by atomic mass is 16.6. The maximum Gasteiger partial charge on any atom is 0.424 e. The number of hydrazine groups is 1. The molecule has 0 saturated heterocycles. The molecule has 1 amide bonds. The fourth-order valence-electron chi connectivity index (χ4n) is 3.86. The largest absolute Gasteiger partial charge is 0.512 e. The molecule has 1 unspecified atom stereocenters. The smallest absolute Gasteiger partial charge is 0.424 e. The van der Waals surface area contributed by atoms with Gasteiger partial charge in [-0.1, -0.05) is 71.3 Å². The zero-order valence-corrected chi connectivity index (χ0v) is 23.6. The van der Waals surface area contributed by atoms with E-state index in [1.54, 1.807) is 6.92 Å². The van der Waals surface area contributed by atoms with Crippen LogP contribution in [0.4, 0.5) is 4.79 Å². The van der Waals surface area contributed by atoms with E-state index in [1.807, 2.05) is 13.8 Å². The van der Waals surface area contributed by atoms with Crippen LogP contribution in [0.25, 0.3) is 0 Å². The number of aliphatic hydroxyl groups excluding tert-OH is 1. The van der Waals surface area contributed by atoms with Gasteiger partial charge in [0.1, 0.15) is 6.10 Å². The fourth-order valence-corrected chi connectivity index (χ4v) is 3.86. The van der Waals surface area contributed by atoms with Crippen LogP contribution < -0.4 is 5.84 Å². The first-order valence-corrected chi connectivity index (χ1v) is 14.1. The maximum atomic E-state index is 12.5. The lowest BCUT2D eigenvalue weighted by molar-refractivity contribution is -0.139. The Morgan fingerprint density at radius 1 is 0.861 bits per heavy atom. The summed E-state index contributed by atoms with van der Waals surface area (Å²) in [5.74, 6) is 5.98. The molecule has 0 spiro atoms. The summed E-state index contributed by atoms with van der Waals surface area (Å²) >= 11 is 0. The second kappa shape index (κ2) is 22.2. The van der Waals surface area contributed by atoms with Gasteiger partial charge in [-0.2, -0.15) is 0 Å². The van der Waals surface area contributed by atoms with E-state index < -0.39 is 12.1 Å². The number of rotatable bonds is 22. The molecule has 0 aliphatic heterocycles. The number of hydrogen-bond acceptors (Lipinski definition) is 6. The number of nitrogens with two attached hydrogens (primary N) is 1. The van der Waals surface area contributed by atoms with Gasteiger partial charge >= 0.3 is 12.1 Å². The van der Waals surface area contributed by atoms with E-state index in [2.05, 4.69) is 13.5 Å². The lowest BCUT2D eigenvalue weighted by Crippen LogP contribution is -2.40. The van der Waals surface area contributed by atoms with Gasteiger partial charge in [0.05, 0.1) is 12.4 Å². The lowest BCUT2D eigenvalue weighted by Gasteiger charge is -2.22. The molecule has 0 aromatic rings. The molecule has 0 saturated carbocycles. The first-order chi connectivity index (χ1) is 17.2. The Balaban J connectivity index is 4.17. The quantitative estimate of drug-likeness (QED) is 0.0292. The SMILES string of the molecule is C=C(C)C(=O)OCCCN(N)C(=O)OC(CCCCCC)CCCCCCCCCCC(O)=C(C)C. The summed E-state index contributed by atoms with van der Waals surface area (Å²) in [7, 11) is 0. The Hall–Kier alpha value is -2.02. The molecule has 210 valence electrons. The van der Waals surface area contributed by atoms with Gasteiger partial charge in [0.25, 0.3) is 0 Å². The predicted octanol–water partition coefficient (Wildman–Crippen LogP) is 7.90. The third-order valence-electron chi connectivity index (χ3n) is 6.27. The molecule has 0 aromatic carbocycles. The Bertz CT molecular complexity index is 644. The van der Waals surface area contributed by atoms with Crippen molar-refractivity contribution in [3.8, 4) is 0 Å². The van der Waals surface area contributed by atoms with Gasteiger partial charge in [0.2, 0.25) is 0 Å². The van der Waals surface area contributed by atoms with Crippen molar-refractivity contribution >= 4 is 12.1 Å². The van der Waals surface area contributed by atoms with Crippen molar-refractivity contribution in [1.29, 1.82) is 0 Å². The summed E-state index contributed by atoms with van der Waals surface area (Å²) in [5.41, 5.74) is 1.37. The Labute approximate surface area is 220 Å². The molecule has 0 bridgehead atoms. The Morgan fingerprint density at radius 3 is 1.92 bits per heavy atom. The van der Waals surface area contributed by atoms with Crippen molar-refractivity contribution in [2.24, 2.45) is 5.84 Å². The van der Waals surface area contributed by atoms with Crippen LogP contribution in [0.5, 0.6) is 0 Å². The molecule has 36 heavy (non-hydrogen) atoms. The molecule has 7 nitrogen and oxygen atoms in total. The molecule has 1 atom stereocenters. The highest BCUT2D eigenvalue weighted by Gasteiger charge is 2.18. The molecule has 0 rings (SSSR count). The van der Waals surface area contributed by atoms with Gasteiger partial charge in [-0.3, -0.25) is 0 Å². The zero-order valence-electron chi connectivity index (χ0n) is 23.6. The summed E-state index contributed by atoms with van der Waals surface area (Å²) in [6.45, 7) is 11.7. The van der Waals surface area contributed by atoms with Gasteiger partial charge in [-0.25, -0.2) is 20.4 Å². The molecule has 0 radical (unpaired) electrons. The van der Waals surface area contributed by atoms with Gasteiger partial charge in [-0.05, 0) is 58.4 Å². The van der Waals surface area contributed by atoms with Gasteiger partial charge in [0, 0.05) is 25.0 Å². The van der Waals surface area contributed by atoms with Crippen LogP contribution in [0, 0.1) is 0 Å². The number of aliphatic hydroxyl groups is 1. The second-order valence-corrected chi connectivity index (χ2v) is 10.1. The number of nitrogens with zero attached hydrogens (tertiary/aromatic N) is 1. The minimum absolute atomic E-state index is 0.107. The summed E-state index contributed by atoms with van der Waals surface area (Å²) < 4.78 is 10.8. The van der Waals surface area contributed by atoms with Crippen LogP contribution in [-0.4, -0.2) is 41.4 Å². The molecular weight excluding hydrogens is 456 g/mol. The van der Waals surface area contributed by atoms with E-state index in [0.29, 0.717) is 17.8 Å². The van der Waals surface area contributed by atoms with Gasteiger partial charge in [-0.15, -0.1) is 0 Å². The Kier molecular flexibility index (Phi) is 21.0. The van der Waals surface area contributed by atoms with E-state index in [4.69, 9.17) is 15.3 Å². The van der Waals surface area contributed by atoms with Crippen LogP contribution >= 0.6 is 0 Å². The number of unbranched alkanes of at least 4 members (excludes halogenated alkanes) is 10. The topological polar surface area (TPSA) is 102 Å². The molecule has 0 aliphatic carbocycles. The number of hydrogen-bond donors (Lipinski definition) is 2. The highest BCUT2D eigenvalue weighted by Crippen LogP contribution is 2.18. The summed E-state index contributed by atoms with van der Waals surface area (Å²) in [6, 6.07) is 0. The van der Waals surface area contributed by atoms with Gasteiger partial charge < -0.3 is 14.6 Å². The molecular formula is C29H54N2O5. The van der Waals surface area contributed by atoms with Crippen molar-refractivity contribution < 1.29 is 24.2 Å². The van der Waals surface area contributed by atoms with E-state index in [1.165, 1.54) is 44.9 Å². The molecule has 7 heteroatoms. The minimum Gasteiger partial charge on any atom is -0.512 e. The van der Waals surface area contributed by atoms with Crippen molar-refractivity contribution in [2.45, 2.75) is 137 Å². The zero-order chi connectivity index (χ0) is 27.2. The minimum atomic E-state index is -0.513. The normalized spacial score (nSPS) is 11.6. The average molecular weight is 511 g/mol. The lowest BCUT2D eigenvalue weighted by atomic mass is 10.0.